The Morgan fingerprint density at radius 3 is 2.19 bits per heavy atom. The van der Waals surface area contributed by atoms with Gasteiger partial charge in [0, 0.05) is 28.2 Å². The fraction of sp³-hybridized carbons (Fsp3) is 0.440. The van der Waals surface area contributed by atoms with Crippen LogP contribution in [0.5, 0.6) is 5.75 Å². The molecule has 1 atom stereocenters. The maximum absolute atomic E-state index is 13.6. The van der Waals surface area contributed by atoms with Gasteiger partial charge in [0.2, 0.25) is 21.8 Å². The van der Waals surface area contributed by atoms with Crippen molar-refractivity contribution in [1.29, 1.82) is 0 Å². The molecule has 1 N–H and O–H groups in total. The van der Waals surface area contributed by atoms with Crippen molar-refractivity contribution in [3.63, 3.8) is 0 Å². The van der Waals surface area contributed by atoms with Crippen molar-refractivity contribution in [3.8, 4) is 5.75 Å². The third kappa shape index (κ3) is 7.05. The lowest BCUT2D eigenvalue weighted by Gasteiger charge is -2.32. The number of halogens is 2. The second kappa shape index (κ2) is 12.2. The Hall–Kier alpha value is -2.49. The Morgan fingerprint density at radius 1 is 1.08 bits per heavy atom. The average Bonchev–Trinajstić information content (AvgIpc) is 3.34. The van der Waals surface area contributed by atoms with E-state index in [0.29, 0.717) is 27.0 Å². The highest BCUT2D eigenvalue weighted by atomic mass is 35.5. The summed E-state index contributed by atoms with van der Waals surface area (Å²) < 4.78 is 31.4. The summed E-state index contributed by atoms with van der Waals surface area (Å²) in [5.74, 6) is -0.333. The lowest BCUT2D eigenvalue weighted by atomic mass is 10.1. The maximum atomic E-state index is 13.6. The van der Waals surface area contributed by atoms with Gasteiger partial charge in [-0.1, -0.05) is 42.1 Å². The van der Waals surface area contributed by atoms with Crippen LogP contribution in [0.2, 0.25) is 10.0 Å². The molecule has 36 heavy (non-hydrogen) atoms. The Labute approximate surface area is 222 Å². The number of rotatable bonds is 10. The molecule has 196 valence electrons. The summed E-state index contributed by atoms with van der Waals surface area (Å²) >= 11 is 12.7. The molecule has 0 heterocycles. The highest BCUT2D eigenvalue weighted by molar-refractivity contribution is 7.92. The fourth-order valence-corrected chi connectivity index (χ4v) is 5.56. The van der Waals surface area contributed by atoms with Gasteiger partial charge in [-0.2, -0.15) is 0 Å². The first-order valence-electron chi connectivity index (χ1n) is 11.7. The SMILES string of the molecule is COc1ccc(N(CC(=O)N(Cc2c(Cl)cccc2Cl)[C@H](C)C(=O)NC2CCCC2)S(C)(=O)=O)cc1. The van der Waals surface area contributed by atoms with Gasteiger partial charge in [-0.3, -0.25) is 13.9 Å². The van der Waals surface area contributed by atoms with E-state index in [2.05, 4.69) is 5.32 Å². The van der Waals surface area contributed by atoms with Crippen LogP contribution < -0.4 is 14.4 Å². The van der Waals surface area contributed by atoms with E-state index in [1.54, 1.807) is 49.4 Å². The van der Waals surface area contributed by atoms with E-state index in [1.165, 1.54) is 12.0 Å². The molecule has 3 rings (SSSR count). The lowest BCUT2D eigenvalue weighted by molar-refractivity contribution is -0.139. The number of methoxy groups -OCH3 is 1. The molecule has 2 amide bonds. The molecule has 0 aromatic heterocycles. The summed E-state index contributed by atoms with van der Waals surface area (Å²) in [5.41, 5.74) is 0.774. The molecular formula is C25H31Cl2N3O5S. The highest BCUT2D eigenvalue weighted by Crippen LogP contribution is 2.28. The predicted octanol–water partition coefficient (Wildman–Crippen LogP) is 4.24. The minimum atomic E-state index is -3.83. The first kappa shape index (κ1) is 28.1. The summed E-state index contributed by atoms with van der Waals surface area (Å²) in [6.45, 7) is 1.05. The monoisotopic (exact) mass is 555 g/mol. The predicted molar refractivity (Wildman–Crippen MR) is 142 cm³/mol. The van der Waals surface area contributed by atoms with E-state index in [1.807, 2.05) is 0 Å². The van der Waals surface area contributed by atoms with Crippen LogP contribution in [-0.2, 0) is 26.2 Å². The molecule has 11 heteroatoms. The summed E-state index contributed by atoms with van der Waals surface area (Å²) in [4.78, 5) is 28.1. The zero-order valence-electron chi connectivity index (χ0n) is 20.5. The van der Waals surface area contributed by atoms with Crippen LogP contribution in [0.3, 0.4) is 0 Å². The standard InChI is InChI=1S/C25H31Cl2N3O5S/c1-17(25(32)28-18-7-4-5-8-18)29(15-21-22(26)9-6-10-23(21)27)24(31)16-30(36(3,33)34)19-11-13-20(35-2)14-12-19/h6,9-14,17-18H,4-5,7-8,15-16H2,1-3H3,(H,28,32)/t17-/m1/s1. The van der Waals surface area contributed by atoms with Crippen molar-refractivity contribution in [2.45, 2.75) is 51.2 Å². The molecule has 1 saturated carbocycles. The number of sulfonamides is 1. The molecule has 1 aliphatic rings. The smallest absolute Gasteiger partial charge is 0.244 e. The van der Waals surface area contributed by atoms with Gasteiger partial charge < -0.3 is 15.0 Å². The maximum Gasteiger partial charge on any atom is 0.244 e. The molecule has 1 fully saturated rings. The molecule has 0 bridgehead atoms. The largest absolute Gasteiger partial charge is 0.497 e. The minimum Gasteiger partial charge on any atom is -0.497 e. The summed E-state index contributed by atoms with van der Waals surface area (Å²) in [6.07, 6.45) is 4.89. The third-order valence-electron chi connectivity index (χ3n) is 6.30. The third-order valence-corrected chi connectivity index (χ3v) is 8.15. The molecule has 2 aromatic carbocycles. The minimum absolute atomic E-state index is 0.0587. The van der Waals surface area contributed by atoms with Crippen molar-refractivity contribution < 1.29 is 22.7 Å². The molecular weight excluding hydrogens is 525 g/mol. The van der Waals surface area contributed by atoms with E-state index >= 15 is 0 Å². The van der Waals surface area contributed by atoms with Crippen LogP contribution in [0.25, 0.3) is 0 Å². The summed E-state index contributed by atoms with van der Waals surface area (Å²) in [7, 11) is -2.32. The van der Waals surface area contributed by atoms with Crippen LogP contribution in [0.1, 0.15) is 38.2 Å². The lowest BCUT2D eigenvalue weighted by Crippen LogP contribution is -2.52. The Balaban J connectivity index is 1.91. The molecule has 1 aliphatic carbocycles. The molecule has 0 unspecified atom stereocenters. The van der Waals surface area contributed by atoms with E-state index in [0.717, 1.165) is 36.2 Å². The molecule has 0 radical (unpaired) electrons. The number of amides is 2. The number of anilines is 1. The second-order valence-electron chi connectivity index (χ2n) is 8.86. The van der Waals surface area contributed by atoms with Crippen molar-refractivity contribution in [2.75, 3.05) is 24.2 Å². The molecule has 0 saturated heterocycles. The van der Waals surface area contributed by atoms with E-state index in [9.17, 15) is 18.0 Å². The number of carbonyl (C=O) groups excluding carboxylic acids is 2. The molecule has 0 aliphatic heterocycles. The Bertz CT molecular complexity index is 1160. The Morgan fingerprint density at radius 2 is 1.67 bits per heavy atom. The van der Waals surface area contributed by atoms with Gasteiger partial charge in [0.1, 0.15) is 18.3 Å². The van der Waals surface area contributed by atoms with Crippen LogP contribution >= 0.6 is 23.2 Å². The van der Waals surface area contributed by atoms with E-state index in [-0.39, 0.29) is 18.5 Å². The van der Waals surface area contributed by atoms with E-state index in [4.69, 9.17) is 27.9 Å². The van der Waals surface area contributed by atoms with Crippen LogP contribution in [0.15, 0.2) is 42.5 Å². The topological polar surface area (TPSA) is 96.0 Å². The van der Waals surface area contributed by atoms with Crippen LogP contribution in [0.4, 0.5) is 5.69 Å². The number of hydrogen-bond acceptors (Lipinski definition) is 5. The zero-order valence-corrected chi connectivity index (χ0v) is 22.9. The van der Waals surface area contributed by atoms with Gasteiger partial charge in [0.25, 0.3) is 0 Å². The summed E-state index contributed by atoms with van der Waals surface area (Å²) in [6, 6.07) is 10.5. The van der Waals surface area contributed by atoms with Crippen molar-refractivity contribution in [2.24, 2.45) is 0 Å². The molecule has 2 aromatic rings. The first-order valence-corrected chi connectivity index (χ1v) is 14.3. The van der Waals surface area contributed by atoms with Crippen molar-refractivity contribution in [3.05, 3.63) is 58.1 Å². The summed E-state index contributed by atoms with van der Waals surface area (Å²) in [5, 5.41) is 3.70. The van der Waals surface area contributed by atoms with Gasteiger partial charge in [0.15, 0.2) is 0 Å². The molecule has 8 nitrogen and oxygen atoms in total. The number of benzene rings is 2. The average molecular weight is 557 g/mol. The van der Waals surface area contributed by atoms with Crippen molar-refractivity contribution >= 4 is 50.7 Å². The quantitative estimate of drug-likeness (QED) is 0.472. The number of ether oxygens (including phenoxy) is 1. The van der Waals surface area contributed by atoms with E-state index < -0.39 is 28.5 Å². The second-order valence-corrected chi connectivity index (χ2v) is 11.6. The highest BCUT2D eigenvalue weighted by Gasteiger charge is 2.32. The number of hydrogen-bond donors (Lipinski definition) is 1. The number of nitrogens with zero attached hydrogens (tertiary/aromatic N) is 2. The van der Waals surface area contributed by atoms with Gasteiger partial charge in [-0.15, -0.1) is 0 Å². The van der Waals surface area contributed by atoms with Crippen LogP contribution in [-0.4, -0.2) is 57.1 Å². The number of nitrogens with one attached hydrogen (secondary N) is 1. The fourth-order valence-electron chi connectivity index (χ4n) is 4.19. The van der Waals surface area contributed by atoms with Gasteiger partial charge >= 0.3 is 0 Å². The van der Waals surface area contributed by atoms with Crippen LogP contribution in [0, 0.1) is 0 Å². The van der Waals surface area contributed by atoms with Gasteiger partial charge in [-0.05, 0) is 56.2 Å². The van der Waals surface area contributed by atoms with Gasteiger partial charge in [-0.25, -0.2) is 8.42 Å². The number of carbonyl (C=O) groups is 2. The normalized spacial score (nSPS) is 14.8. The van der Waals surface area contributed by atoms with Gasteiger partial charge in [0.05, 0.1) is 19.1 Å². The Kier molecular flexibility index (Phi) is 9.49. The zero-order chi connectivity index (χ0) is 26.5. The molecule has 0 spiro atoms. The van der Waals surface area contributed by atoms with Crippen molar-refractivity contribution in [1.82, 2.24) is 10.2 Å². The first-order chi connectivity index (χ1) is 17.0.